The van der Waals surface area contributed by atoms with Crippen LogP contribution in [0.1, 0.15) is 31.7 Å². The Hall–Kier alpha value is -1.95. The van der Waals surface area contributed by atoms with Gasteiger partial charge in [0.25, 0.3) is 5.91 Å². The Balaban J connectivity index is 2.57. The summed E-state index contributed by atoms with van der Waals surface area (Å²) in [5, 5.41) is 10.0. The quantitative estimate of drug-likeness (QED) is 0.635. The smallest absolute Gasteiger partial charge is 0.254 e. The van der Waals surface area contributed by atoms with Gasteiger partial charge in [0.15, 0.2) is 5.67 Å². The number of primary amides is 2. The van der Waals surface area contributed by atoms with Crippen LogP contribution < -0.4 is 11.5 Å². The van der Waals surface area contributed by atoms with Crippen LogP contribution in [-0.4, -0.2) is 28.7 Å². The molecule has 6 heteroatoms. The lowest BCUT2D eigenvalue weighted by atomic mass is 9.89. The topological polar surface area (TPSA) is 106 Å². The van der Waals surface area contributed by atoms with E-state index in [1.807, 2.05) is 30.3 Å². The maximum atomic E-state index is 13.8. The van der Waals surface area contributed by atoms with Gasteiger partial charge in [-0.3, -0.25) is 9.59 Å². The van der Waals surface area contributed by atoms with Gasteiger partial charge in [0.1, 0.15) is 0 Å². The molecule has 0 aliphatic carbocycles. The second-order valence-corrected chi connectivity index (χ2v) is 5.58. The first-order chi connectivity index (χ1) is 10.2. The third-order valence-corrected chi connectivity index (χ3v) is 3.59. The van der Waals surface area contributed by atoms with E-state index in [2.05, 4.69) is 0 Å². The van der Waals surface area contributed by atoms with E-state index in [1.165, 1.54) is 0 Å². The van der Waals surface area contributed by atoms with Crippen LogP contribution in [0.4, 0.5) is 4.39 Å². The summed E-state index contributed by atoms with van der Waals surface area (Å²) in [6.07, 6.45) is 0.607. The number of carbonyl (C=O) groups is 2. The van der Waals surface area contributed by atoms with Gasteiger partial charge in [0, 0.05) is 12.3 Å². The number of halogens is 1. The van der Waals surface area contributed by atoms with Crippen LogP contribution in [0.25, 0.3) is 0 Å². The Labute approximate surface area is 129 Å². The van der Waals surface area contributed by atoms with Gasteiger partial charge in [-0.15, -0.1) is 0 Å². The maximum absolute atomic E-state index is 13.8. The standard InChI is InChI=1S/C16H22FN2O3/c1-16(17,15(19)22)8-7-12(14(18)21)10-13(20)9-11-5-3-2-4-6-11/h2-6,9,12-13,20H,7-8,10H2,1H3,(H2,18,21)(H2,19,22)/t12-,13+,16?/m1/s1. The van der Waals surface area contributed by atoms with Gasteiger partial charge >= 0.3 is 0 Å². The number of alkyl halides is 1. The molecule has 5 nitrogen and oxygen atoms in total. The maximum Gasteiger partial charge on any atom is 0.254 e. The van der Waals surface area contributed by atoms with E-state index in [0.29, 0.717) is 0 Å². The first-order valence-electron chi connectivity index (χ1n) is 7.08. The summed E-state index contributed by atoms with van der Waals surface area (Å²) >= 11 is 0. The number of aliphatic hydroxyl groups excluding tert-OH is 1. The summed E-state index contributed by atoms with van der Waals surface area (Å²) in [6.45, 7) is 1.07. The summed E-state index contributed by atoms with van der Waals surface area (Å²) in [6, 6.07) is 9.13. The van der Waals surface area contributed by atoms with Gasteiger partial charge in [0.05, 0.1) is 6.10 Å². The van der Waals surface area contributed by atoms with E-state index in [1.54, 1.807) is 6.42 Å². The highest BCUT2D eigenvalue weighted by molar-refractivity contribution is 5.83. The highest BCUT2D eigenvalue weighted by atomic mass is 19.1. The summed E-state index contributed by atoms with van der Waals surface area (Å²) in [5.41, 5.74) is 8.85. The SMILES string of the molecule is CC(F)(CC[C@H](C[C@@H](O)[CH]c1ccccc1)C(N)=O)C(N)=O. The van der Waals surface area contributed by atoms with Crippen LogP contribution >= 0.6 is 0 Å². The van der Waals surface area contributed by atoms with Crippen molar-refractivity contribution in [1.29, 1.82) is 0 Å². The molecule has 0 saturated heterocycles. The zero-order valence-corrected chi connectivity index (χ0v) is 12.5. The predicted octanol–water partition coefficient (Wildman–Crippen LogP) is 1.09. The third-order valence-electron chi connectivity index (χ3n) is 3.59. The molecule has 121 valence electrons. The normalized spacial score (nSPS) is 16.5. The molecule has 0 bridgehead atoms. The molecule has 1 rings (SSSR count). The summed E-state index contributed by atoms with van der Waals surface area (Å²) in [7, 11) is 0. The molecule has 22 heavy (non-hydrogen) atoms. The zero-order valence-electron chi connectivity index (χ0n) is 12.5. The molecule has 1 radical (unpaired) electrons. The largest absolute Gasteiger partial charge is 0.392 e. The van der Waals surface area contributed by atoms with Crippen molar-refractivity contribution < 1.29 is 19.1 Å². The second-order valence-electron chi connectivity index (χ2n) is 5.58. The molecule has 0 aromatic heterocycles. The van der Waals surface area contributed by atoms with Crippen LogP contribution in [0.3, 0.4) is 0 Å². The van der Waals surface area contributed by atoms with Gasteiger partial charge in [0.2, 0.25) is 5.91 Å². The van der Waals surface area contributed by atoms with Crippen LogP contribution in [0.5, 0.6) is 0 Å². The number of benzene rings is 1. The first-order valence-corrected chi connectivity index (χ1v) is 7.08. The molecule has 2 amide bonds. The average Bonchev–Trinajstić information content (AvgIpc) is 2.44. The lowest BCUT2D eigenvalue weighted by molar-refractivity contribution is -0.130. The minimum atomic E-state index is -2.19. The second kappa shape index (κ2) is 7.89. The molecule has 0 fully saturated rings. The molecular formula is C16H22FN2O3. The molecular weight excluding hydrogens is 287 g/mol. The van der Waals surface area contributed by atoms with E-state index < -0.39 is 29.5 Å². The minimum Gasteiger partial charge on any atom is -0.392 e. The summed E-state index contributed by atoms with van der Waals surface area (Å²) in [5.74, 6) is -2.45. The van der Waals surface area contributed by atoms with Crippen molar-refractivity contribution >= 4 is 11.8 Å². The predicted molar refractivity (Wildman–Crippen MR) is 81.1 cm³/mol. The van der Waals surface area contributed by atoms with E-state index in [-0.39, 0.29) is 19.3 Å². The highest BCUT2D eigenvalue weighted by Crippen LogP contribution is 2.24. The van der Waals surface area contributed by atoms with E-state index in [4.69, 9.17) is 11.5 Å². The molecule has 0 saturated carbocycles. The van der Waals surface area contributed by atoms with Crippen molar-refractivity contribution in [2.24, 2.45) is 17.4 Å². The molecule has 3 atom stereocenters. The number of hydrogen-bond donors (Lipinski definition) is 3. The van der Waals surface area contributed by atoms with Gasteiger partial charge < -0.3 is 16.6 Å². The Morgan fingerprint density at radius 2 is 1.91 bits per heavy atom. The number of carbonyl (C=O) groups excluding carboxylic acids is 2. The molecule has 1 aromatic rings. The molecule has 1 aromatic carbocycles. The van der Waals surface area contributed by atoms with Gasteiger partial charge in [-0.1, -0.05) is 30.3 Å². The van der Waals surface area contributed by atoms with Crippen molar-refractivity contribution in [3.8, 4) is 0 Å². The number of amides is 2. The molecule has 0 aliphatic rings. The third kappa shape index (κ3) is 5.81. The number of hydrogen-bond acceptors (Lipinski definition) is 3. The molecule has 5 N–H and O–H groups in total. The van der Waals surface area contributed by atoms with E-state index >= 15 is 0 Å². The lowest BCUT2D eigenvalue weighted by Gasteiger charge is -2.21. The fourth-order valence-electron chi connectivity index (χ4n) is 2.09. The minimum absolute atomic E-state index is 0.0466. The van der Waals surface area contributed by atoms with Gasteiger partial charge in [-0.25, -0.2) is 4.39 Å². The average molecular weight is 309 g/mol. The number of nitrogens with two attached hydrogens (primary N) is 2. The Kier molecular flexibility index (Phi) is 6.49. The first kappa shape index (κ1) is 18.1. The van der Waals surface area contributed by atoms with Gasteiger partial charge in [-0.2, -0.15) is 0 Å². The van der Waals surface area contributed by atoms with Crippen LogP contribution in [0.15, 0.2) is 30.3 Å². The molecule has 0 aliphatic heterocycles. The van der Waals surface area contributed by atoms with E-state index in [0.717, 1.165) is 12.5 Å². The highest BCUT2D eigenvalue weighted by Gasteiger charge is 2.32. The monoisotopic (exact) mass is 309 g/mol. The van der Waals surface area contributed by atoms with Crippen LogP contribution in [0.2, 0.25) is 0 Å². The molecule has 0 spiro atoms. The zero-order chi connectivity index (χ0) is 16.8. The van der Waals surface area contributed by atoms with Crippen molar-refractivity contribution in [2.75, 3.05) is 0 Å². The summed E-state index contributed by atoms with van der Waals surface area (Å²) < 4.78 is 13.8. The van der Waals surface area contributed by atoms with E-state index in [9.17, 15) is 19.1 Å². The Morgan fingerprint density at radius 1 is 1.32 bits per heavy atom. The molecule has 1 unspecified atom stereocenters. The van der Waals surface area contributed by atoms with Crippen molar-refractivity contribution in [3.63, 3.8) is 0 Å². The number of rotatable bonds is 9. The fraction of sp³-hybridized carbons (Fsp3) is 0.438. The summed E-state index contributed by atoms with van der Waals surface area (Å²) in [4.78, 5) is 22.4. The Bertz CT molecular complexity index is 505. The fourth-order valence-corrected chi connectivity index (χ4v) is 2.09. The van der Waals surface area contributed by atoms with Crippen molar-refractivity contribution in [3.05, 3.63) is 42.3 Å². The lowest BCUT2D eigenvalue weighted by Crippen LogP contribution is -2.38. The number of aliphatic hydroxyl groups is 1. The van der Waals surface area contributed by atoms with Crippen LogP contribution in [0, 0.1) is 12.3 Å². The van der Waals surface area contributed by atoms with Gasteiger partial charge in [-0.05, 0) is 31.7 Å². The van der Waals surface area contributed by atoms with Crippen molar-refractivity contribution in [2.45, 2.75) is 38.0 Å². The van der Waals surface area contributed by atoms with Crippen molar-refractivity contribution in [1.82, 2.24) is 0 Å². The van der Waals surface area contributed by atoms with Crippen LogP contribution in [-0.2, 0) is 9.59 Å². The molecule has 0 heterocycles. The Morgan fingerprint density at radius 3 is 2.41 bits per heavy atom.